The van der Waals surface area contributed by atoms with Gasteiger partial charge in [0.15, 0.2) is 5.79 Å². The Bertz CT molecular complexity index is 478. The van der Waals surface area contributed by atoms with Gasteiger partial charge in [0.05, 0.1) is 26.3 Å². The molecule has 0 amide bonds. The first-order chi connectivity index (χ1) is 9.74. The summed E-state index contributed by atoms with van der Waals surface area (Å²) in [5.74, 6) is 3.38. The maximum absolute atomic E-state index is 6.01. The molecule has 0 N–H and O–H groups in total. The molecule has 0 aromatic carbocycles. The van der Waals surface area contributed by atoms with Crippen molar-refractivity contribution < 1.29 is 13.9 Å². The van der Waals surface area contributed by atoms with Gasteiger partial charge < -0.3 is 13.9 Å². The highest BCUT2D eigenvalue weighted by molar-refractivity contribution is 5.17. The molecule has 110 valence electrons. The Kier molecular flexibility index (Phi) is 3.13. The van der Waals surface area contributed by atoms with Gasteiger partial charge in [-0.2, -0.15) is 0 Å². The van der Waals surface area contributed by atoms with Gasteiger partial charge in [-0.1, -0.05) is 6.92 Å². The molecule has 1 aromatic heterocycles. The van der Waals surface area contributed by atoms with Gasteiger partial charge in [0.1, 0.15) is 11.5 Å². The van der Waals surface area contributed by atoms with Crippen molar-refractivity contribution in [2.24, 2.45) is 5.92 Å². The lowest BCUT2D eigenvalue weighted by Crippen LogP contribution is -2.48. The molecule has 2 saturated heterocycles. The molecule has 1 saturated carbocycles. The van der Waals surface area contributed by atoms with E-state index in [1.165, 1.54) is 12.2 Å². The van der Waals surface area contributed by atoms with Crippen molar-refractivity contribution in [3.8, 4) is 0 Å². The minimum Gasteiger partial charge on any atom is -0.464 e. The fraction of sp³-hybridized carbons (Fsp3) is 0.750. The van der Waals surface area contributed by atoms with Gasteiger partial charge in [0, 0.05) is 12.3 Å². The van der Waals surface area contributed by atoms with Crippen LogP contribution in [0.3, 0.4) is 0 Å². The quantitative estimate of drug-likeness (QED) is 0.851. The Morgan fingerprint density at radius 3 is 2.85 bits per heavy atom. The van der Waals surface area contributed by atoms with Gasteiger partial charge in [0.25, 0.3) is 0 Å². The van der Waals surface area contributed by atoms with Gasteiger partial charge >= 0.3 is 0 Å². The van der Waals surface area contributed by atoms with Crippen molar-refractivity contribution in [3.05, 3.63) is 23.7 Å². The topological polar surface area (TPSA) is 34.8 Å². The van der Waals surface area contributed by atoms with Gasteiger partial charge in [-0.15, -0.1) is 0 Å². The summed E-state index contributed by atoms with van der Waals surface area (Å²) in [5, 5.41) is 0. The van der Waals surface area contributed by atoms with E-state index in [0.717, 1.165) is 57.4 Å². The summed E-state index contributed by atoms with van der Waals surface area (Å²) in [7, 11) is 0. The van der Waals surface area contributed by atoms with Crippen LogP contribution in [0.1, 0.15) is 43.6 Å². The number of nitrogens with zero attached hydrogens (tertiary/aromatic N) is 1. The van der Waals surface area contributed by atoms with Crippen molar-refractivity contribution in [2.45, 2.75) is 44.4 Å². The van der Waals surface area contributed by atoms with Crippen LogP contribution in [0.25, 0.3) is 0 Å². The molecule has 0 bridgehead atoms. The summed E-state index contributed by atoms with van der Waals surface area (Å²) in [4.78, 5) is 2.40. The van der Waals surface area contributed by atoms with Crippen LogP contribution in [0.5, 0.6) is 0 Å². The standard InChI is InChI=1S/C16H23NO3/c1-12-9-14(12)15-4-3-13(20-15)10-17-6-2-5-16(11-17)18-7-8-19-16/h3-4,12,14H,2,5-11H2,1H3. The SMILES string of the molecule is CC1CC1c1ccc(CN2CCCC3(C2)OCCO3)o1. The van der Waals surface area contributed by atoms with Gasteiger partial charge in [-0.05, 0) is 37.4 Å². The summed E-state index contributed by atoms with van der Waals surface area (Å²) in [6.07, 6.45) is 3.43. The van der Waals surface area contributed by atoms with Crippen molar-refractivity contribution in [1.82, 2.24) is 4.90 Å². The maximum Gasteiger partial charge on any atom is 0.181 e. The lowest BCUT2D eigenvalue weighted by atomic mass is 10.0. The van der Waals surface area contributed by atoms with E-state index < -0.39 is 0 Å². The molecule has 2 atom stereocenters. The number of rotatable bonds is 3. The molecule has 4 rings (SSSR count). The Morgan fingerprint density at radius 2 is 2.10 bits per heavy atom. The lowest BCUT2D eigenvalue weighted by molar-refractivity contribution is -0.190. The molecular weight excluding hydrogens is 254 g/mol. The second kappa shape index (κ2) is 4.86. The van der Waals surface area contributed by atoms with E-state index >= 15 is 0 Å². The first-order valence-electron chi connectivity index (χ1n) is 7.83. The van der Waals surface area contributed by atoms with Crippen LogP contribution >= 0.6 is 0 Å². The number of hydrogen-bond donors (Lipinski definition) is 0. The third-order valence-electron chi connectivity index (χ3n) is 4.85. The molecule has 20 heavy (non-hydrogen) atoms. The maximum atomic E-state index is 6.01. The third-order valence-corrected chi connectivity index (χ3v) is 4.85. The summed E-state index contributed by atoms with van der Waals surface area (Å²) >= 11 is 0. The van der Waals surface area contributed by atoms with E-state index in [0.29, 0.717) is 5.92 Å². The molecule has 2 unspecified atom stereocenters. The highest BCUT2D eigenvalue weighted by Gasteiger charge is 2.41. The van der Waals surface area contributed by atoms with E-state index in [4.69, 9.17) is 13.9 Å². The highest BCUT2D eigenvalue weighted by Crippen LogP contribution is 2.47. The van der Waals surface area contributed by atoms with E-state index in [1.807, 2.05) is 0 Å². The molecule has 0 radical (unpaired) electrons. The summed E-state index contributed by atoms with van der Waals surface area (Å²) in [6.45, 7) is 6.59. The van der Waals surface area contributed by atoms with E-state index in [2.05, 4.69) is 24.0 Å². The molecular formula is C16H23NO3. The van der Waals surface area contributed by atoms with E-state index in [9.17, 15) is 0 Å². The van der Waals surface area contributed by atoms with Crippen molar-refractivity contribution in [1.29, 1.82) is 0 Å². The highest BCUT2D eigenvalue weighted by atomic mass is 16.7. The average Bonchev–Trinajstić information content (AvgIpc) is 2.85. The first-order valence-corrected chi connectivity index (χ1v) is 7.83. The normalized spacial score (nSPS) is 32.9. The molecule has 1 aliphatic carbocycles. The van der Waals surface area contributed by atoms with Gasteiger partial charge in [0.2, 0.25) is 0 Å². The van der Waals surface area contributed by atoms with Crippen molar-refractivity contribution in [3.63, 3.8) is 0 Å². The molecule has 1 spiro atoms. The fourth-order valence-corrected chi connectivity index (χ4v) is 3.56. The van der Waals surface area contributed by atoms with Crippen molar-refractivity contribution in [2.75, 3.05) is 26.3 Å². The molecule has 4 heteroatoms. The Balaban J connectivity index is 1.39. The van der Waals surface area contributed by atoms with Crippen LogP contribution in [0.4, 0.5) is 0 Å². The molecule has 1 aromatic rings. The van der Waals surface area contributed by atoms with Gasteiger partial charge in [-0.3, -0.25) is 4.90 Å². The summed E-state index contributed by atoms with van der Waals surface area (Å²) in [6, 6.07) is 4.30. The predicted molar refractivity (Wildman–Crippen MR) is 74.4 cm³/mol. The number of piperidine rings is 1. The minimum atomic E-state index is -0.335. The number of hydrogen-bond acceptors (Lipinski definition) is 4. The smallest absolute Gasteiger partial charge is 0.181 e. The van der Waals surface area contributed by atoms with E-state index in [1.54, 1.807) is 0 Å². The lowest BCUT2D eigenvalue weighted by Gasteiger charge is -2.38. The van der Waals surface area contributed by atoms with Crippen LogP contribution in [0, 0.1) is 5.92 Å². The largest absolute Gasteiger partial charge is 0.464 e. The molecule has 3 heterocycles. The van der Waals surface area contributed by atoms with Crippen LogP contribution in [0.2, 0.25) is 0 Å². The molecule has 3 aliphatic rings. The van der Waals surface area contributed by atoms with Crippen LogP contribution in [-0.4, -0.2) is 37.0 Å². The third kappa shape index (κ3) is 2.41. The Morgan fingerprint density at radius 1 is 1.30 bits per heavy atom. The first kappa shape index (κ1) is 12.9. The number of likely N-dealkylation sites (tertiary alicyclic amines) is 1. The van der Waals surface area contributed by atoms with Crippen LogP contribution < -0.4 is 0 Å². The number of furan rings is 1. The second-order valence-electron chi connectivity index (χ2n) is 6.55. The summed E-state index contributed by atoms with van der Waals surface area (Å²) in [5.41, 5.74) is 0. The fourth-order valence-electron chi connectivity index (χ4n) is 3.56. The average molecular weight is 277 g/mol. The molecule has 4 nitrogen and oxygen atoms in total. The summed E-state index contributed by atoms with van der Waals surface area (Å²) < 4.78 is 17.7. The number of ether oxygens (including phenoxy) is 2. The zero-order valence-electron chi connectivity index (χ0n) is 12.1. The zero-order chi connectivity index (χ0) is 13.6. The second-order valence-corrected chi connectivity index (χ2v) is 6.55. The van der Waals surface area contributed by atoms with Crippen LogP contribution in [-0.2, 0) is 16.0 Å². The monoisotopic (exact) mass is 277 g/mol. The zero-order valence-corrected chi connectivity index (χ0v) is 12.1. The predicted octanol–water partition coefficient (Wildman–Crippen LogP) is 2.74. The minimum absolute atomic E-state index is 0.335. The molecule has 3 fully saturated rings. The Labute approximate surface area is 120 Å². The molecule has 2 aliphatic heterocycles. The Hall–Kier alpha value is -0.840. The van der Waals surface area contributed by atoms with Crippen LogP contribution in [0.15, 0.2) is 16.5 Å². The van der Waals surface area contributed by atoms with Gasteiger partial charge in [-0.25, -0.2) is 0 Å². The van der Waals surface area contributed by atoms with Crippen molar-refractivity contribution >= 4 is 0 Å². The van der Waals surface area contributed by atoms with E-state index in [-0.39, 0.29) is 5.79 Å².